The molecule has 5 atom stereocenters. The van der Waals surface area contributed by atoms with Crippen molar-refractivity contribution in [1.82, 2.24) is 0 Å². The molecule has 0 amide bonds. The zero-order chi connectivity index (χ0) is 25.3. The van der Waals surface area contributed by atoms with E-state index in [2.05, 4.69) is 36.4 Å². The van der Waals surface area contributed by atoms with Gasteiger partial charge in [0.1, 0.15) is 24.9 Å². The summed E-state index contributed by atoms with van der Waals surface area (Å²) in [5, 5.41) is 0. The smallest absolute Gasteiger partial charge is 0.224 e. The van der Waals surface area contributed by atoms with Crippen LogP contribution in [0, 0.1) is 0 Å². The Morgan fingerprint density at radius 1 is 0.838 bits per heavy atom. The Morgan fingerprint density at radius 2 is 1.54 bits per heavy atom. The number of benzene rings is 3. The first kappa shape index (κ1) is 24.5. The van der Waals surface area contributed by atoms with Gasteiger partial charge in [-0.15, -0.1) is 0 Å². The van der Waals surface area contributed by atoms with Gasteiger partial charge in [0.25, 0.3) is 0 Å². The Labute approximate surface area is 217 Å². The fraction of sp³-hybridized carbons (Fsp3) is 0.355. The van der Waals surface area contributed by atoms with E-state index in [1.165, 1.54) is 5.56 Å². The summed E-state index contributed by atoms with van der Waals surface area (Å²) in [6, 6.07) is 28.8. The van der Waals surface area contributed by atoms with Gasteiger partial charge < -0.3 is 28.4 Å². The molecule has 0 N–H and O–H groups in total. The van der Waals surface area contributed by atoms with E-state index in [0.29, 0.717) is 13.2 Å². The van der Waals surface area contributed by atoms with Gasteiger partial charge in [0.05, 0.1) is 13.2 Å². The molecule has 0 unspecified atom stereocenters. The SMILES string of the molecule is CC1(C)OC[C@]2(OC[C@H]3O[C@H](/C=C/c4ccccc4)O[C@H]3[C@@H]2OCc2ccc(-c3ccccc3)cc2)O1. The third kappa shape index (κ3) is 5.27. The lowest BCUT2D eigenvalue weighted by atomic mass is 9.97. The van der Waals surface area contributed by atoms with Crippen molar-refractivity contribution in [1.29, 1.82) is 0 Å². The van der Waals surface area contributed by atoms with Crippen LogP contribution in [0.4, 0.5) is 0 Å². The van der Waals surface area contributed by atoms with Crippen LogP contribution in [0.25, 0.3) is 17.2 Å². The molecule has 3 aromatic rings. The fourth-order valence-electron chi connectivity index (χ4n) is 5.12. The predicted molar refractivity (Wildman–Crippen MR) is 139 cm³/mol. The van der Waals surface area contributed by atoms with Crippen LogP contribution in [0.2, 0.25) is 0 Å². The van der Waals surface area contributed by atoms with Gasteiger partial charge in [0, 0.05) is 0 Å². The Hall–Kier alpha value is -2.84. The molecule has 6 nitrogen and oxygen atoms in total. The predicted octanol–water partition coefficient (Wildman–Crippen LogP) is 5.57. The highest BCUT2D eigenvalue weighted by Gasteiger charge is 2.62. The molecule has 0 saturated carbocycles. The van der Waals surface area contributed by atoms with Crippen LogP contribution in [0.3, 0.4) is 0 Å². The molecule has 3 heterocycles. The lowest BCUT2D eigenvalue weighted by molar-refractivity contribution is -0.335. The highest BCUT2D eigenvalue weighted by Crippen LogP contribution is 2.44. The minimum Gasteiger partial charge on any atom is -0.365 e. The standard InChI is InChI=1S/C31H32O6/c1-30(2)34-21-31(37-30)29(32-19-23-13-16-25(17-14-23)24-11-7-4-8-12-24)28-26(20-33-31)35-27(36-28)18-15-22-9-5-3-6-10-22/h3-18,26-29H,19-21H2,1-2H3/b18-15+/t26-,27+,28-,29+,31+/m1/s1. The Balaban J connectivity index is 1.19. The summed E-state index contributed by atoms with van der Waals surface area (Å²) in [4.78, 5) is 0. The zero-order valence-corrected chi connectivity index (χ0v) is 21.1. The third-order valence-electron chi connectivity index (χ3n) is 6.97. The zero-order valence-electron chi connectivity index (χ0n) is 21.1. The van der Waals surface area contributed by atoms with E-state index in [4.69, 9.17) is 28.4 Å². The summed E-state index contributed by atoms with van der Waals surface area (Å²) in [5.41, 5.74) is 4.48. The molecule has 0 aliphatic carbocycles. The second-order valence-electron chi connectivity index (χ2n) is 10.1. The van der Waals surface area contributed by atoms with E-state index in [1.54, 1.807) is 0 Å². The third-order valence-corrected chi connectivity index (χ3v) is 6.97. The van der Waals surface area contributed by atoms with Crippen LogP contribution < -0.4 is 0 Å². The molecule has 37 heavy (non-hydrogen) atoms. The molecular weight excluding hydrogens is 468 g/mol. The Bertz CT molecular complexity index is 1210. The van der Waals surface area contributed by atoms with Gasteiger partial charge in [-0.05, 0) is 42.2 Å². The monoisotopic (exact) mass is 500 g/mol. The molecule has 3 fully saturated rings. The van der Waals surface area contributed by atoms with Gasteiger partial charge in [0.2, 0.25) is 5.79 Å². The van der Waals surface area contributed by atoms with Crippen LogP contribution in [-0.4, -0.2) is 49.4 Å². The second-order valence-corrected chi connectivity index (χ2v) is 10.1. The molecule has 6 rings (SSSR count). The highest BCUT2D eigenvalue weighted by atomic mass is 16.9. The van der Waals surface area contributed by atoms with E-state index in [1.807, 2.05) is 74.5 Å². The summed E-state index contributed by atoms with van der Waals surface area (Å²) >= 11 is 0. The first-order valence-corrected chi connectivity index (χ1v) is 12.8. The quantitative estimate of drug-likeness (QED) is 0.441. The van der Waals surface area contributed by atoms with Crippen molar-refractivity contribution in [3.8, 4) is 11.1 Å². The Kier molecular flexibility index (Phi) is 6.71. The second kappa shape index (κ2) is 10.1. The summed E-state index contributed by atoms with van der Waals surface area (Å²) < 4.78 is 37.6. The van der Waals surface area contributed by atoms with Gasteiger partial charge in [-0.1, -0.05) is 91.0 Å². The van der Waals surface area contributed by atoms with Crippen LogP contribution in [0.1, 0.15) is 25.0 Å². The minimum absolute atomic E-state index is 0.259. The molecule has 3 aliphatic rings. The number of hydrogen-bond acceptors (Lipinski definition) is 6. The summed E-state index contributed by atoms with van der Waals surface area (Å²) in [5.74, 6) is -1.84. The summed E-state index contributed by atoms with van der Waals surface area (Å²) in [6.07, 6.45) is 2.27. The molecule has 3 saturated heterocycles. The lowest BCUT2D eigenvalue weighted by Gasteiger charge is -2.43. The average Bonchev–Trinajstić information content (AvgIpc) is 3.48. The maximum Gasteiger partial charge on any atom is 0.224 e. The maximum absolute atomic E-state index is 6.51. The number of hydrogen-bond donors (Lipinski definition) is 0. The van der Waals surface area contributed by atoms with Gasteiger partial charge in [0.15, 0.2) is 12.1 Å². The largest absolute Gasteiger partial charge is 0.365 e. The molecule has 1 spiro atoms. The van der Waals surface area contributed by atoms with Crippen LogP contribution in [0.5, 0.6) is 0 Å². The van der Waals surface area contributed by atoms with E-state index in [9.17, 15) is 0 Å². The minimum atomic E-state index is -1.06. The molecule has 6 heteroatoms. The van der Waals surface area contributed by atoms with E-state index in [0.717, 1.165) is 16.7 Å². The topological polar surface area (TPSA) is 55.4 Å². The Morgan fingerprint density at radius 3 is 2.24 bits per heavy atom. The summed E-state index contributed by atoms with van der Waals surface area (Å²) in [7, 11) is 0. The van der Waals surface area contributed by atoms with Crippen LogP contribution in [0.15, 0.2) is 91.0 Å². The molecule has 3 aromatic carbocycles. The molecule has 3 aliphatic heterocycles. The van der Waals surface area contributed by atoms with Crippen molar-refractivity contribution in [2.24, 2.45) is 0 Å². The first-order valence-electron chi connectivity index (χ1n) is 12.8. The average molecular weight is 501 g/mol. The van der Waals surface area contributed by atoms with E-state index in [-0.39, 0.29) is 18.8 Å². The number of rotatable bonds is 6. The first-order chi connectivity index (χ1) is 18.0. The van der Waals surface area contributed by atoms with Crippen molar-refractivity contribution in [3.05, 3.63) is 102 Å². The van der Waals surface area contributed by atoms with Crippen molar-refractivity contribution in [3.63, 3.8) is 0 Å². The van der Waals surface area contributed by atoms with E-state index < -0.39 is 24.0 Å². The van der Waals surface area contributed by atoms with Crippen molar-refractivity contribution in [2.45, 2.75) is 56.6 Å². The van der Waals surface area contributed by atoms with Gasteiger partial charge in [-0.2, -0.15) is 0 Å². The van der Waals surface area contributed by atoms with Crippen LogP contribution in [-0.2, 0) is 35.0 Å². The van der Waals surface area contributed by atoms with Gasteiger partial charge >= 0.3 is 0 Å². The number of fused-ring (bicyclic) bond motifs is 1. The molecular formula is C31H32O6. The summed E-state index contributed by atoms with van der Waals surface area (Å²) in [6.45, 7) is 4.74. The number of ether oxygens (including phenoxy) is 6. The maximum atomic E-state index is 6.51. The molecule has 0 bridgehead atoms. The van der Waals surface area contributed by atoms with E-state index >= 15 is 0 Å². The highest BCUT2D eigenvalue weighted by molar-refractivity contribution is 5.63. The lowest BCUT2D eigenvalue weighted by Crippen LogP contribution is -2.62. The van der Waals surface area contributed by atoms with Crippen LogP contribution >= 0.6 is 0 Å². The molecule has 0 radical (unpaired) electrons. The normalized spacial score (nSPS) is 30.6. The molecule has 0 aromatic heterocycles. The van der Waals surface area contributed by atoms with Gasteiger partial charge in [-0.3, -0.25) is 0 Å². The fourth-order valence-corrected chi connectivity index (χ4v) is 5.12. The van der Waals surface area contributed by atoms with Crippen molar-refractivity contribution < 1.29 is 28.4 Å². The molecule has 192 valence electrons. The van der Waals surface area contributed by atoms with Crippen molar-refractivity contribution in [2.75, 3.05) is 13.2 Å². The van der Waals surface area contributed by atoms with Crippen molar-refractivity contribution >= 4 is 6.08 Å². The van der Waals surface area contributed by atoms with Gasteiger partial charge in [-0.25, -0.2) is 0 Å².